The fraction of sp³-hybridized carbons (Fsp3) is 0.111. The fourth-order valence-electron chi connectivity index (χ4n) is 2.36. The fourth-order valence-corrected chi connectivity index (χ4v) is 3.24. The molecule has 4 aromatic rings. The molecule has 0 aliphatic rings. The van der Waals surface area contributed by atoms with E-state index in [9.17, 15) is 4.79 Å². The number of fused-ring (bicyclic) bond motifs is 1. The van der Waals surface area contributed by atoms with Gasteiger partial charge in [0.2, 0.25) is 0 Å². The van der Waals surface area contributed by atoms with Crippen LogP contribution in [0.5, 0.6) is 0 Å². The van der Waals surface area contributed by atoms with Crippen molar-refractivity contribution in [2.24, 2.45) is 0 Å². The maximum Gasteiger partial charge on any atom is 0.338 e. The van der Waals surface area contributed by atoms with Gasteiger partial charge < -0.3 is 9.26 Å². The first-order valence-corrected chi connectivity index (χ1v) is 8.43. The van der Waals surface area contributed by atoms with E-state index in [0.717, 1.165) is 20.8 Å². The summed E-state index contributed by atoms with van der Waals surface area (Å²) in [6.07, 6.45) is 0. The molecule has 0 unspecified atom stereocenters. The van der Waals surface area contributed by atoms with Gasteiger partial charge in [-0.05, 0) is 43.3 Å². The van der Waals surface area contributed by atoms with Crippen LogP contribution >= 0.6 is 11.3 Å². The zero-order valence-corrected chi connectivity index (χ0v) is 14.1. The molecule has 0 saturated carbocycles. The molecule has 0 fully saturated rings. The third-order valence-corrected chi connectivity index (χ3v) is 4.57. The number of para-hydroxylation sites is 1. The molecule has 0 aliphatic carbocycles. The van der Waals surface area contributed by atoms with Crippen LogP contribution in [0, 0.1) is 6.92 Å². The van der Waals surface area contributed by atoms with Crippen LogP contribution in [0.4, 0.5) is 0 Å². The summed E-state index contributed by atoms with van der Waals surface area (Å²) >= 11 is 1.52. The first-order valence-electron chi connectivity index (χ1n) is 7.61. The van der Waals surface area contributed by atoms with E-state index in [0.29, 0.717) is 17.3 Å². The number of rotatable bonds is 4. The Kier molecular flexibility index (Phi) is 3.99. The number of hydrogen-bond acceptors (Lipinski definition) is 7. The second kappa shape index (κ2) is 6.45. The van der Waals surface area contributed by atoms with Crippen LogP contribution in [0.2, 0.25) is 0 Å². The number of aryl methyl sites for hydroxylation is 1. The van der Waals surface area contributed by atoms with Crippen LogP contribution in [-0.4, -0.2) is 21.1 Å². The van der Waals surface area contributed by atoms with E-state index < -0.39 is 5.97 Å². The predicted octanol–water partition coefficient (Wildman–Crippen LogP) is 4.01. The molecule has 2 aromatic carbocycles. The molecular weight excluding hydrogens is 338 g/mol. The summed E-state index contributed by atoms with van der Waals surface area (Å²) in [7, 11) is 0. The lowest BCUT2D eigenvalue weighted by atomic mass is 10.1. The molecule has 0 amide bonds. The Morgan fingerprint density at radius 2 is 1.92 bits per heavy atom. The van der Waals surface area contributed by atoms with Gasteiger partial charge in [-0.3, -0.25) is 0 Å². The minimum absolute atomic E-state index is 0.156. The Morgan fingerprint density at radius 3 is 2.64 bits per heavy atom. The Balaban J connectivity index is 1.43. The van der Waals surface area contributed by atoms with Gasteiger partial charge in [-0.25, -0.2) is 9.78 Å². The average Bonchev–Trinajstić information content (AvgIpc) is 3.25. The number of carbonyl (C=O) groups is 1. The van der Waals surface area contributed by atoms with E-state index in [1.165, 1.54) is 11.3 Å². The number of esters is 1. The van der Waals surface area contributed by atoms with Gasteiger partial charge in [0, 0.05) is 5.56 Å². The minimum atomic E-state index is -0.396. The van der Waals surface area contributed by atoms with Crippen molar-refractivity contribution in [2.45, 2.75) is 13.5 Å². The highest BCUT2D eigenvalue weighted by Crippen LogP contribution is 2.22. The van der Waals surface area contributed by atoms with Crippen molar-refractivity contribution < 1.29 is 14.1 Å². The van der Waals surface area contributed by atoms with Gasteiger partial charge in [0.1, 0.15) is 11.6 Å². The standard InChI is InChI=1S/C18H13N3O3S/c1-11-19-17(24-21-11)12-6-8-13(9-7-12)18(22)23-10-16-20-14-4-2-3-5-15(14)25-16/h2-9H,10H2,1H3. The summed E-state index contributed by atoms with van der Waals surface area (Å²) in [5, 5.41) is 4.52. The molecule has 124 valence electrons. The van der Waals surface area contributed by atoms with E-state index in [4.69, 9.17) is 9.26 Å². The molecule has 0 spiro atoms. The van der Waals surface area contributed by atoms with Gasteiger partial charge in [0.25, 0.3) is 5.89 Å². The Labute approximate surface area is 147 Å². The SMILES string of the molecule is Cc1noc(-c2ccc(C(=O)OCc3nc4ccccc4s3)cc2)n1. The first kappa shape index (κ1) is 15.5. The van der Waals surface area contributed by atoms with E-state index in [-0.39, 0.29) is 6.61 Å². The lowest BCUT2D eigenvalue weighted by Gasteiger charge is -2.03. The molecule has 2 heterocycles. The first-order chi connectivity index (χ1) is 12.2. The molecule has 0 aliphatic heterocycles. The van der Waals surface area contributed by atoms with E-state index in [2.05, 4.69) is 15.1 Å². The van der Waals surface area contributed by atoms with E-state index in [1.54, 1.807) is 31.2 Å². The average molecular weight is 351 g/mol. The predicted molar refractivity (Wildman–Crippen MR) is 93.2 cm³/mol. The van der Waals surface area contributed by atoms with Gasteiger partial charge in [-0.1, -0.05) is 17.3 Å². The highest BCUT2D eigenvalue weighted by Gasteiger charge is 2.12. The van der Waals surface area contributed by atoms with Gasteiger partial charge in [-0.15, -0.1) is 11.3 Å². The van der Waals surface area contributed by atoms with Crippen LogP contribution in [0.25, 0.3) is 21.7 Å². The zero-order valence-electron chi connectivity index (χ0n) is 13.3. The third kappa shape index (κ3) is 3.27. The summed E-state index contributed by atoms with van der Waals surface area (Å²) in [6, 6.07) is 14.7. The van der Waals surface area contributed by atoms with Gasteiger partial charge in [0.15, 0.2) is 5.82 Å². The number of thiazole rings is 1. The van der Waals surface area contributed by atoms with Gasteiger partial charge in [0.05, 0.1) is 15.8 Å². The normalized spacial score (nSPS) is 10.9. The van der Waals surface area contributed by atoms with Crippen molar-refractivity contribution in [3.05, 3.63) is 64.9 Å². The molecule has 0 atom stereocenters. The Bertz CT molecular complexity index is 1000. The maximum atomic E-state index is 12.2. The van der Waals surface area contributed by atoms with Crippen molar-refractivity contribution in [2.75, 3.05) is 0 Å². The number of nitrogens with zero attached hydrogens (tertiary/aromatic N) is 3. The summed E-state index contributed by atoms with van der Waals surface area (Å²) in [5.74, 6) is 0.591. The van der Waals surface area contributed by atoms with Gasteiger partial charge in [-0.2, -0.15) is 4.98 Å². The van der Waals surface area contributed by atoms with Crippen molar-refractivity contribution in [1.29, 1.82) is 0 Å². The Morgan fingerprint density at radius 1 is 1.12 bits per heavy atom. The molecule has 2 aromatic heterocycles. The van der Waals surface area contributed by atoms with E-state index >= 15 is 0 Å². The van der Waals surface area contributed by atoms with Crippen molar-refractivity contribution >= 4 is 27.5 Å². The lowest BCUT2D eigenvalue weighted by Crippen LogP contribution is -2.04. The number of ether oxygens (including phenoxy) is 1. The number of benzene rings is 2. The molecule has 0 saturated heterocycles. The molecule has 25 heavy (non-hydrogen) atoms. The summed E-state index contributed by atoms with van der Waals surface area (Å²) < 4.78 is 11.5. The molecule has 0 bridgehead atoms. The summed E-state index contributed by atoms with van der Waals surface area (Å²) in [6.45, 7) is 1.91. The summed E-state index contributed by atoms with van der Waals surface area (Å²) in [5.41, 5.74) is 2.13. The molecule has 6 nitrogen and oxygen atoms in total. The minimum Gasteiger partial charge on any atom is -0.455 e. The lowest BCUT2D eigenvalue weighted by molar-refractivity contribution is 0.0472. The quantitative estimate of drug-likeness (QED) is 0.517. The van der Waals surface area contributed by atoms with Crippen LogP contribution in [-0.2, 0) is 11.3 Å². The van der Waals surface area contributed by atoms with E-state index in [1.807, 2.05) is 24.3 Å². The molecular formula is C18H13N3O3S. The number of carbonyl (C=O) groups excluding carboxylic acids is 1. The molecule has 7 heteroatoms. The Hall–Kier alpha value is -3.06. The smallest absolute Gasteiger partial charge is 0.338 e. The van der Waals surface area contributed by atoms with Crippen LogP contribution < -0.4 is 0 Å². The molecule has 4 rings (SSSR count). The van der Waals surface area contributed by atoms with Crippen LogP contribution in [0.3, 0.4) is 0 Å². The zero-order chi connectivity index (χ0) is 17.2. The molecule has 0 radical (unpaired) electrons. The third-order valence-electron chi connectivity index (χ3n) is 3.56. The number of hydrogen-bond donors (Lipinski definition) is 0. The number of aromatic nitrogens is 3. The van der Waals surface area contributed by atoms with Crippen molar-refractivity contribution in [3.63, 3.8) is 0 Å². The topological polar surface area (TPSA) is 78.1 Å². The summed E-state index contributed by atoms with van der Waals surface area (Å²) in [4.78, 5) is 20.8. The second-order valence-electron chi connectivity index (χ2n) is 5.38. The molecule has 0 N–H and O–H groups in total. The van der Waals surface area contributed by atoms with Crippen molar-refractivity contribution in [3.8, 4) is 11.5 Å². The van der Waals surface area contributed by atoms with Crippen molar-refractivity contribution in [1.82, 2.24) is 15.1 Å². The van der Waals surface area contributed by atoms with Gasteiger partial charge >= 0.3 is 5.97 Å². The second-order valence-corrected chi connectivity index (χ2v) is 6.49. The highest BCUT2D eigenvalue weighted by atomic mass is 32.1. The van der Waals surface area contributed by atoms with Crippen LogP contribution in [0.15, 0.2) is 53.1 Å². The maximum absolute atomic E-state index is 12.2. The highest BCUT2D eigenvalue weighted by molar-refractivity contribution is 7.18. The van der Waals surface area contributed by atoms with Crippen LogP contribution in [0.1, 0.15) is 21.2 Å². The largest absolute Gasteiger partial charge is 0.455 e. The monoisotopic (exact) mass is 351 g/mol.